The van der Waals surface area contributed by atoms with E-state index in [0.717, 1.165) is 25.7 Å². The van der Waals surface area contributed by atoms with E-state index in [1.807, 2.05) is 0 Å². The Morgan fingerprint density at radius 1 is 0.875 bits per heavy atom. The molecule has 0 nitrogen and oxygen atoms in total. The molecule has 48 valence electrons. The van der Waals surface area contributed by atoms with Crippen molar-refractivity contribution in [3.8, 4) is 0 Å². The van der Waals surface area contributed by atoms with Crippen LogP contribution in [0.25, 0.3) is 0 Å². The van der Waals surface area contributed by atoms with E-state index in [1.165, 1.54) is 0 Å². The molecule has 0 amide bonds. The fourth-order valence-corrected chi connectivity index (χ4v) is 307. The highest BCUT2D eigenvalue weighted by molar-refractivity contribution is 9.55. The lowest BCUT2D eigenvalue weighted by Gasteiger charge is -2.19. The van der Waals surface area contributed by atoms with Crippen molar-refractivity contribution in [2.24, 2.45) is 0 Å². The molecule has 0 radical (unpaired) electrons. The normalized spacial score (nSPS) is 42.8. The zero-order valence-electron chi connectivity index (χ0n) is 4.79. The van der Waals surface area contributed by atoms with Gasteiger partial charge < -0.3 is 0 Å². The van der Waals surface area contributed by atoms with Crippen molar-refractivity contribution in [1.29, 1.82) is 0 Å². The van der Waals surface area contributed by atoms with Crippen LogP contribution in [0.2, 0.25) is 0 Å². The first-order valence-corrected chi connectivity index (χ1v) is 30.3. The Kier molecular flexibility index (Phi) is 3.76. The summed E-state index contributed by atoms with van der Waals surface area (Å²) < 4.78 is -0.530. The Morgan fingerprint density at radius 3 is 1.62 bits per heavy atom. The molecule has 1 rings (SSSR count). The van der Waals surface area contributed by atoms with Gasteiger partial charge in [0.05, 0.1) is 0 Å². The topological polar surface area (TPSA) is 0 Å². The maximum absolute atomic E-state index is 3.96. The van der Waals surface area contributed by atoms with Crippen LogP contribution < -0.4 is 0 Å². The van der Waals surface area contributed by atoms with Crippen molar-refractivity contribution < 1.29 is 0 Å². The SMILES string of the molecule is Br[Si]1(Br)[SiH2][SiH2][SiH2][SiH2][SiH2]1. The smallest absolute Gasteiger partial charge is 0.120 e. The number of rotatable bonds is 0. The van der Waals surface area contributed by atoms with Crippen LogP contribution in [0.5, 0.6) is 0 Å². The van der Waals surface area contributed by atoms with Crippen LogP contribution in [0.4, 0.5) is 0 Å². The van der Waals surface area contributed by atoms with Crippen LogP contribution >= 0.6 is 30.6 Å². The Morgan fingerprint density at radius 2 is 1.38 bits per heavy atom. The molecule has 0 saturated carbocycles. The highest BCUT2D eigenvalue weighted by atomic mass is 79.9. The van der Waals surface area contributed by atoms with E-state index >= 15 is 0 Å². The van der Waals surface area contributed by atoms with Gasteiger partial charge in [-0.25, -0.2) is 0 Å². The summed E-state index contributed by atoms with van der Waals surface area (Å²) >= 11 is 7.93. The Labute approximate surface area is 77.0 Å². The summed E-state index contributed by atoms with van der Waals surface area (Å²) in [6.07, 6.45) is 0. The third-order valence-electron chi connectivity index (χ3n) is 1.59. The lowest BCUT2D eigenvalue weighted by Crippen LogP contribution is -2.51. The summed E-state index contributed by atoms with van der Waals surface area (Å²) in [6, 6.07) is 0. The predicted molar refractivity (Wildman–Crippen MR) is 66.3 cm³/mol. The summed E-state index contributed by atoms with van der Waals surface area (Å²) in [7, 11) is 3.52. The zero-order chi connectivity index (χ0) is 6.04. The first-order chi connectivity index (χ1) is 3.71. The predicted octanol–water partition coefficient (Wildman–Crippen LogP) is -3.27. The molecule has 1 saturated heterocycles. The molecule has 1 heterocycles. The van der Waals surface area contributed by atoms with Gasteiger partial charge in [-0.3, -0.25) is 0 Å². The summed E-state index contributed by atoms with van der Waals surface area (Å²) in [4.78, 5) is 0. The molecular weight excluding hydrogens is 328 g/mol. The minimum atomic E-state index is -0.530. The van der Waals surface area contributed by atoms with Gasteiger partial charge in [-0.05, 0) is 25.7 Å². The second-order valence-electron chi connectivity index (χ2n) is 2.42. The van der Waals surface area contributed by atoms with Crippen LogP contribution in [-0.4, -0.2) is 47.1 Å². The summed E-state index contributed by atoms with van der Waals surface area (Å²) in [6.45, 7) is 0. The minimum absolute atomic E-state index is 0.530. The van der Waals surface area contributed by atoms with Gasteiger partial charge in [0, 0.05) is 17.1 Å². The second kappa shape index (κ2) is 3.59. The van der Waals surface area contributed by atoms with E-state index in [9.17, 15) is 0 Å². The molecule has 0 aromatic carbocycles. The maximum atomic E-state index is 3.96. The van der Waals surface area contributed by atoms with E-state index in [4.69, 9.17) is 0 Å². The van der Waals surface area contributed by atoms with Gasteiger partial charge in [0.25, 0.3) is 0 Å². The second-order valence-corrected chi connectivity index (χ2v) is 79.7. The average Bonchev–Trinajstić information content (AvgIpc) is 1.65. The number of halogens is 2. The lowest BCUT2D eigenvalue weighted by atomic mass is 26.1. The van der Waals surface area contributed by atoms with Crippen molar-refractivity contribution in [2.45, 2.75) is 0 Å². The highest BCUT2D eigenvalue weighted by Crippen LogP contribution is 2.16. The van der Waals surface area contributed by atoms with Crippen molar-refractivity contribution in [3.63, 3.8) is 0 Å². The molecule has 8 heavy (non-hydrogen) atoms. The minimum Gasteiger partial charge on any atom is -0.120 e. The molecule has 0 N–H and O–H groups in total. The molecule has 0 aromatic heterocycles. The fourth-order valence-electron chi connectivity index (χ4n) is 1.07. The standard InChI is InChI=1S/Br2H10Si6/c1-8(2)6-4-3-5-7-8/h3-7H2. The van der Waals surface area contributed by atoms with Gasteiger partial charge in [0.2, 0.25) is 0 Å². The zero-order valence-corrected chi connectivity index (χ0v) is 16.0. The average molecular weight is 338 g/mol. The molecule has 0 bridgehead atoms. The van der Waals surface area contributed by atoms with E-state index in [2.05, 4.69) is 30.6 Å². The number of hydrogen-bond donors (Lipinski definition) is 0. The summed E-state index contributed by atoms with van der Waals surface area (Å²) in [5.74, 6) is 0. The van der Waals surface area contributed by atoms with Crippen LogP contribution in [0, 0.1) is 0 Å². The van der Waals surface area contributed by atoms with Crippen LogP contribution in [0.1, 0.15) is 0 Å². The largest absolute Gasteiger partial charge is 0.161 e. The third kappa shape index (κ3) is 2.90. The van der Waals surface area contributed by atoms with E-state index in [1.54, 1.807) is 0 Å². The van der Waals surface area contributed by atoms with Gasteiger partial charge in [-0.1, -0.05) is 0 Å². The molecule has 0 spiro atoms. The van der Waals surface area contributed by atoms with Crippen molar-refractivity contribution in [2.75, 3.05) is 0 Å². The monoisotopic (exact) mass is 336 g/mol. The summed E-state index contributed by atoms with van der Waals surface area (Å²) in [5.41, 5.74) is 0. The van der Waals surface area contributed by atoms with Crippen molar-refractivity contribution in [1.82, 2.24) is 0 Å². The first-order valence-electron chi connectivity index (χ1n) is 3.09. The molecule has 1 aliphatic heterocycles. The maximum Gasteiger partial charge on any atom is 0.161 e. The third-order valence-corrected chi connectivity index (χ3v) is 151. The molecule has 8 heteroatoms. The molecule has 0 unspecified atom stereocenters. The molecule has 1 aliphatic rings. The molecule has 0 atom stereocenters. The highest BCUT2D eigenvalue weighted by Gasteiger charge is 2.29. The van der Waals surface area contributed by atoms with Gasteiger partial charge in [-0.15, -0.1) is 30.6 Å². The quantitative estimate of drug-likeness (QED) is 0.321. The van der Waals surface area contributed by atoms with Gasteiger partial charge in [0.15, 0.2) is 4.35 Å². The van der Waals surface area contributed by atoms with Crippen molar-refractivity contribution >= 4 is 77.7 Å². The summed E-state index contributed by atoms with van der Waals surface area (Å²) in [5, 5.41) is 0. The number of hydrogen-bond acceptors (Lipinski definition) is 0. The first kappa shape index (κ1) is 8.36. The Hall–Kier alpha value is 2.26. The van der Waals surface area contributed by atoms with Crippen LogP contribution in [0.15, 0.2) is 0 Å². The fraction of sp³-hybridized carbons (Fsp3) is 0. The van der Waals surface area contributed by atoms with Crippen LogP contribution in [0.3, 0.4) is 0 Å². The Balaban J connectivity index is 2.33. The van der Waals surface area contributed by atoms with E-state index in [-0.39, 0.29) is 0 Å². The molecule has 0 aliphatic carbocycles. The van der Waals surface area contributed by atoms with E-state index < -0.39 is 4.35 Å². The van der Waals surface area contributed by atoms with Crippen LogP contribution in [-0.2, 0) is 0 Å². The molecule has 1 fully saturated rings. The van der Waals surface area contributed by atoms with Gasteiger partial charge >= 0.3 is 0 Å². The molecular formula is H10Br2Si6. The van der Waals surface area contributed by atoms with Gasteiger partial charge in [-0.2, -0.15) is 0 Å². The molecule has 0 aromatic rings. The lowest BCUT2D eigenvalue weighted by molar-refractivity contribution is 3.68. The Bertz CT molecular complexity index is 70.6. The van der Waals surface area contributed by atoms with Gasteiger partial charge in [0.1, 0.15) is 0 Å². The van der Waals surface area contributed by atoms with Crippen molar-refractivity contribution in [3.05, 3.63) is 0 Å². The van der Waals surface area contributed by atoms with E-state index in [0.29, 0.717) is 17.1 Å².